The van der Waals surface area contributed by atoms with Crippen molar-refractivity contribution in [3.63, 3.8) is 0 Å². The predicted molar refractivity (Wildman–Crippen MR) is 140 cm³/mol. The van der Waals surface area contributed by atoms with E-state index in [2.05, 4.69) is 26.0 Å². The number of halogens is 1. The van der Waals surface area contributed by atoms with Crippen molar-refractivity contribution >= 4 is 32.5 Å². The molecule has 0 fully saturated rings. The van der Waals surface area contributed by atoms with Crippen LogP contribution in [-0.4, -0.2) is 26.7 Å². The smallest absolute Gasteiger partial charge is 0.344 e. The molecule has 0 radical (unpaired) electrons. The van der Waals surface area contributed by atoms with Crippen LogP contribution >= 0.6 is 15.9 Å². The summed E-state index contributed by atoms with van der Waals surface area (Å²) in [5, 5.41) is 5.36. The quantitative estimate of drug-likeness (QED) is 0.250. The standard InChI is InChI=1S/C28H17BrN4O4/c1-35-16-12-10-15(11-13-16)21-22-24(18-7-3-5-9-20(18)36-28(22)34)37-27-23(21)26-31-25(32-33(26)14-30-27)17-6-2-4-8-19(17)29/h2-14,21H,1H3. The summed E-state index contributed by atoms with van der Waals surface area (Å²) in [7, 11) is 1.61. The number of hydrogen-bond donors (Lipinski definition) is 0. The Morgan fingerprint density at radius 1 is 0.973 bits per heavy atom. The van der Waals surface area contributed by atoms with Gasteiger partial charge in [0.25, 0.3) is 0 Å². The summed E-state index contributed by atoms with van der Waals surface area (Å²) in [5.41, 5.74) is 3.20. The van der Waals surface area contributed by atoms with Crippen molar-refractivity contribution in [2.45, 2.75) is 5.92 Å². The molecule has 1 unspecified atom stereocenters. The van der Waals surface area contributed by atoms with Crippen LogP contribution in [0.2, 0.25) is 0 Å². The Bertz CT molecular complexity index is 1900. The molecule has 1 aliphatic rings. The van der Waals surface area contributed by atoms with E-state index in [9.17, 15) is 4.79 Å². The van der Waals surface area contributed by atoms with E-state index in [1.54, 1.807) is 24.0 Å². The highest BCUT2D eigenvalue weighted by atomic mass is 79.9. The van der Waals surface area contributed by atoms with E-state index < -0.39 is 11.5 Å². The lowest BCUT2D eigenvalue weighted by Crippen LogP contribution is -2.22. The Morgan fingerprint density at radius 3 is 2.57 bits per heavy atom. The third-order valence-electron chi connectivity index (χ3n) is 6.53. The predicted octanol–water partition coefficient (Wildman–Crippen LogP) is 5.95. The number of para-hydroxylation sites is 1. The van der Waals surface area contributed by atoms with Gasteiger partial charge in [-0.1, -0.05) is 52.3 Å². The van der Waals surface area contributed by atoms with Crippen LogP contribution in [-0.2, 0) is 0 Å². The minimum Gasteiger partial charge on any atom is -0.497 e. The molecule has 0 aliphatic carbocycles. The maximum Gasteiger partial charge on any atom is 0.344 e. The molecular formula is C28H17BrN4O4. The Hall–Kier alpha value is -4.50. The van der Waals surface area contributed by atoms with E-state index in [-0.39, 0.29) is 0 Å². The Kier molecular flexibility index (Phi) is 4.87. The minimum absolute atomic E-state index is 0.364. The molecule has 180 valence electrons. The molecule has 8 nitrogen and oxygen atoms in total. The van der Waals surface area contributed by atoms with Crippen molar-refractivity contribution in [3.05, 3.63) is 111 Å². The second kappa shape index (κ2) is 8.28. The lowest BCUT2D eigenvalue weighted by Gasteiger charge is -2.27. The highest BCUT2D eigenvalue weighted by molar-refractivity contribution is 9.10. The van der Waals surface area contributed by atoms with Gasteiger partial charge in [0, 0.05) is 10.0 Å². The monoisotopic (exact) mass is 552 g/mol. The fraction of sp³-hybridized carbons (Fsp3) is 0.0714. The lowest BCUT2D eigenvalue weighted by molar-refractivity contribution is 0.414. The van der Waals surface area contributed by atoms with Gasteiger partial charge in [-0.3, -0.25) is 0 Å². The van der Waals surface area contributed by atoms with Gasteiger partial charge in [-0.25, -0.2) is 19.3 Å². The highest BCUT2D eigenvalue weighted by Crippen LogP contribution is 2.49. The van der Waals surface area contributed by atoms with Crippen LogP contribution in [0.5, 0.6) is 17.4 Å². The third-order valence-corrected chi connectivity index (χ3v) is 7.22. The summed E-state index contributed by atoms with van der Waals surface area (Å²) >= 11 is 3.59. The average molecular weight is 553 g/mol. The maximum absolute atomic E-state index is 13.5. The van der Waals surface area contributed by atoms with Crippen LogP contribution in [0.4, 0.5) is 0 Å². The molecule has 0 spiro atoms. The largest absolute Gasteiger partial charge is 0.497 e. The van der Waals surface area contributed by atoms with Crippen molar-refractivity contribution in [3.8, 4) is 28.8 Å². The molecule has 3 aromatic carbocycles. The fourth-order valence-corrected chi connectivity index (χ4v) is 5.28. The topological polar surface area (TPSA) is 91.8 Å². The van der Waals surface area contributed by atoms with Gasteiger partial charge < -0.3 is 13.9 Å². The highest BCUT2D eigenvalue weighted by Gasteiger charge is 2.37. The zero-order valence-corrected chi connectivity index (χ0v) is 21.0. The number of methoxy groups -OCH3 is 1. The summed E-state index contributed by atoms with van der Waals surface area (Å²) in [6, 6.07) is 22.6. The van der Waals surface area contributed by atoms with E-state index in [1.807, 2.05) is 66.7 Å². The van der Waals surface area contributed by atoms with Crippen LogP contribution < -0.4 is 15.1 Å². The van der Waals surface area contributed by atoms with Gasteiger partial charge in [0.1, 0.15) is 17.7 Å². The first kappa shape index (κ1) is 21.8. The van der Waals surface area contributed by atoms with Gasteiger partial charge in [-0.05, 0) is 42.0 Å². The number of ether oxygens (including phenoxy) is 2. The summed E-state index contributed by atoms with van der Waals surface area (Å²) < 4.78 is 19.9. The van der Waals surface area contributed by atoms with E-state index >= 15 is 0 Å². The summed E-state index contributed by atoms with van der Waals surface area (Å²) in [6.07, 6.45) is 1.57. The van der Waals surface area contributed by atoms with Crippen LogP contribution in [0.15, 0.2) is 92.8 Å². The molecule has 0 saturated carbocycles. The molecule has 1 aliphatic heterocycles. The molecule has 4 heterocycles. The van der Waals surface area contributed by atoms with Crippen molar-refractivity contribution in [1.82, 2.24) is 19.6 Å². The van der Waals surface area contributed by atoms with Gasteiger partial charge in [0.2, 0.25) is 5.88 Å². The van der Waals surface area contributed by atoms with Gasteiger partial charge in [0.05, 0.1) is 29.5 Å². The molecule has 0 saturated heterocycles. The molecule has 9 heteroatoms. The molecular weight excluding hydrogens is 536 g/mol. The van der Waals surface area contributed by atoms with E-state index in [4.69, 9.17) is 18.9 Å². The number of benzene rings is 3. The molecule has 3 aromatic heterocycles. The number of fused-ring (bicyclic) bond motifs is 6. The SMILES string of the molecule is COc1ccc(C2c3c(c4ccccc4oc3=O)Oc3ncn4nc(-c5ccccc5Br)nc4c32)cc1. The van der Waals surface area contributed by atoms with Gasteiger partial charge in [-0.15, -0.1) is 5.10 Å². The van der Waals surface area contributed by atoms with Crippen molar-refractivity contribution < 1.29 is 13.9 Å². The van der Waals surface area contributed by atoms with Crippen molar-refractivity contribution in [2.75, 3.05) is 7.11 Å². The van der Waals surface area contributed by atoms with Crippen LogP contribution in [0.3, 0.4) is 0 Å². The third kappa shape index (κ3) is 3.35. The zero-order chi connectivity index (χ0) is 25.1. The Balaban J connectivity index is 1.54. The van der Waals surface area contributed by atoms with Crippen LogP contribution in [0, 0.1) is 0 Å². The minimum atomic E-state index is -0.557. The lowest BCUT2D eigenvalue weighted by atomic mass is 9.84. The second-order valence-electron chi connectivity index (χ2n) is 8.58. The zero-order valence-electron chi connectivity index (χ0n) is 19.4. The van der Waals surface area contributed by atoms with E-state index in [0.29, 0.717) is 50.9 Å². The van der Waals surface area contributed by atoms with E-state index in [1.165, 1.54) is 0 Å². The molecule has 37 heavy (non-hydrogen) atoms. The van der Waals surface area contributed by atoms with Gasteiger partial charge in [-0.2, -0.15) is 0 Å². The molecule has 7 rings (SSSR count). The summed E-state index contributed by atoms with van der Waals surface area (Å²) in [4.78, 5) is 22.9. The maximum atomic E-state index is 13.5. The number of hydrogen-bond acceptors (Lipinski definition) is 7. The first-order chi connectivity index (χ1) is 18.1. The Morgan fingerprint density at radius 2 is 1.76 bits per heavy atom. The molecule has 6 aromatic rings. The number of nitrogens with zero attached hydrogens (tertiary/aromatic N) is 4. The van der Waals surface area contributed by atoms with Gasteiger partial charge >= 0.3 is 5.63 Å². The first-order valence-electron chi connectivity index (χ1n) is 11.5. The van der Waals surface area contributed by atoms with Crippen LogP contribution in [0.25, 0.3) is 28.0 Å². The van der Waals surface area contributed by atoms with E-state index in [0.717, 1.165) is 15.6 Å². The summed E-state index contributed by atoms with van der Waals surface area (Å²) in [6.45, 7) is 0. The first-order valence-corrected chi connectivity index (χ1v) is 12.3. The van der Waals surface area contributed by atoms with Crippen molar-refractivity contribution in [1.29, 1.82) is 0 Å². The summed E-state index contributed by atoms with van der Waals surface area (Å²) in [5.74, 6) is 1.47. The van der Waals surface area contributed by atoms with Gasteiger partial charge in [0.15, 0.2) is 17.2 Å². The molecule has 1 atom stereocenters. The average Bonchev–Trinajstić information content (AvgIpc) is 3.37. The molecule has 0 amide bonds. The number of rotatable bonds is 3. The van der Waals surface area contributed by atoms with Crippen molar-refractivity contribution in [2.24, 2.45) is 0 Å². The molecule has 0 N–H and O–H groups in total. The second-order valence-corrected chi connectivity index (χ2v) is 9.44. The molecule has 0 bridgehead atoms. The normalized spacial score (nSPS) is 14.3. The van der Waals surface area contributed by atoms with Crippen LogP contribution in [0.1, 0.15) is 22.6 Å². The number of aromatic nitrogens is 4. The fourth-order valence-electron chi connectivity index (χ4n) is 4.82. The Labute approximate surface area is 218 Å².